The lowest BCUT2D eigenvalue weighted by Gasteiger charge is -2.34. The number of rotatable bonds is 9. The molecule has 1 fully saturated rings. The normalized spacial score (nSPS) is 14.8. The molecule has 3 aromatic rings. The zero-order valence-electron chi connectivity index (χ0n) is 18.2. The molecule has 1 aromatic heterocycles. The van der Waals surface area contributed by atoms with Crippen molar-refractivity contribution < 1.29 is 17.9 Å². The fourth-order valence-electron chi connectivity index (χ4n) is 3.61. The van der Waals surface area contributed by atoms with E-state index >= 15 is 0 Å². The van der Waals surface area contributed by atoms with Gasteiger partial charge >= 0.3 is 0 Å². The smallest absolute Gasteiger partial charge is 0.253 e. The van der Waals surface area contributed by atoms with E-state index in [1.807, 2.05) is 52.7 Å². The highest BCUT2D eigenvalue weighted by Gasteiger charge is 2.23. The van der Waals surface area contributed by atoms with Crippen LogP contribution in [0.15, 0.2) is 77.0 Å². The molecule has 0 saturated carbocycles. The summed E-state index contributed by atoms with van der Waals surface area (Å²) in [4.78, 5) is 18.1. The first-order valence-electron chi connectivity index (χ1n) is 10.8. The third-order valence-corrected chi connectivity index (χ3v) is 7.80. The van der Waals surface area contributed by atoms with Crippen LogP contribution in [0.4, 0.5) is 0 Å². The van der Waals surface area contributed by atoms with Gasteiger partial charge in [-0.05, 0) is 47.8 Å². The summed E-state index contributed by atoms with van der Waals surface area (Å²) in [5.41, 5.74) is 0.494. The van der Waals surface area contributed by atoms with Crippen LogP contribution in [-0.2, 0) is 16.6 Å². The van der Waals surface area contributed by atoms with E-state index in [0.717, 1.165) is 30.3 Å². The van der Waals surface area contributed by atoms with E-state index in [-0.39, 0.29) is 17.3 Å². The molecule has 1 aliphatic rings. The Labute approximate surface area is 198 Å². The van der Waals surface area contributed by atoms with Gasteiger partial charge in [-0.1, -0.05) is 24.3 Å². The summed E-state index contributed by atoms with van der Waals surface area (Å²) in [6, 6.07) is 19.6. The standard InChI is InChI=1S/C24H27N3O4S2/c28-24(27-14-12-26(13-15-27)16-17-31-21-5-2-1-3-6-21)20-8-10-23(11-9-20)33(29,30)25-19-22-7-4-18-32-22/h1-11,18,25H,12-17,19H2. The third kappa shape index (κ3) is 6.42. The van der Waals surface area contributed by atoms with Crippen LogP contribution in [-0.4, -0.2) is 63.5 Å². The maximum atomic E-state index is 12.9. The summed E-state index contributed by atoms with van der Waals surface area (Å²) >= 11 is 1.50. The van der Waals surface area contributed by atoms with Crippen LogP contribution in [0.3, 0.4) is 0 Å². The first-order chi connectivity index (χ1) is 16.0. The molecule has 1 amide bonds. The number of thiophene rings is 1. The van der Waals surface area contributed by atoms with Gasteiger partial charge in [0, 0.05) is 49.7 Å². The van der Waals surface area contributed by atoms with Gasteiger partial charge < -0.3 is 9.64 Å². The molecule has 0 unspecified atom stereocenters. The predicted octanol–water partition coefficient (Wildman–Crippen LogP) is 3.06. The minimum atomic E-state index is -3.63. The minimum Gasteiger partial charge on any atom is -0.492 e. The van der Waals surface area contributed by atoms with Gasteiger partial charge in [0.05, 0.1) is 4.90 Å². The second-order valence-corrected chi connectivity index (χ2v) is 10.5. The summed E-state index contributed by atoms with van der Waals surface area (Å²) in [5, 5.41) is 1.91. The highest BCUT2D eigenvalue weighted by molar-refractivity contribution is 7.89. The number of ether oxygens (including phenoxy) is 1. The van der Waals surface area contributed by atoms with Crippen molar-refractivity contribution in [2.24, 2.45) is 0 Å². The zero-order valence-corrected chi connectivity index (χ0v) is 19.9. The largest absolute Gasteiger partial charge is 0.492 e. The van der Waals surface area contributed by atoms with Crippen molar-refractivity contribution in [2.45, 2.75) is 11.4 Å². The maximum absolute atomic E-state index is 12.9. The molecule has 1 aliphatic heterocycles. The fourth-order valence-corrected chi connectivity index (χ4v) is 5.35. The summed E-state index contributed by atoms with van der Waals surface area (Å²) in [6.45, 7) is 4.49. The molecule has 4 rings (SSSR count). The highest BCUT2D eigenvalue weighted by atomic mass is 32.2. The monoisotopic (exact) mass is 485 g/mol. The van der Waals surface area contributed by atoms with Gasteiger partial charge in [-0.15, -0.1) is 11.3 Å². The van der Waals surface area contributed by atoms with Crippen molar-refractivity contribution in [3.05, 3.63) is 82.6 Å². The van der Waals surface area contributed by atoms with Crippen LogP contribution in [0.25, 0.3) is 0 Å². The molecule has 33 heavy (non-hydrogen) atoms. The van der Waals surface area contributed by atoms with E-state index in [0.29, 0.717) is 25.3 Å². The molecule has 1 saturated heterocycles. The second-order valence-electron chi connectivity index (χ2n) is 7.72. The van der Waals surface area contributed by atoms with Crippen LogP contribution in [0, 0.1) is 0 Å². The highest BCUT2D eigenvalue weighted by Crippen LogP contribution is 2.15. The van der Waals surface area contributed by atoms with Crippen LogP contribution >= 0.6 is 11.3 Å². The van der Waals surface area contributed by atoms with Crippen molar-refractivity contribution in [3.63, 3.8) is 0 Å². The minimum absolute atomic E-state index is 0.0781. The Bertz CT molecular complexity index is 1130. The van der Waals surface area contributed by atoms with E-state index in [4.69, 9.17) is 4.74 Å². The van der Waals surface area contributed by atoms with Crippen molar-refractivity contribution >= 4 is 27.3 Å². The molecule has 0 spiro atoms. The van der Waals surface area contributed by atoms with Crippen molar-refractivity contribution in [2.75, 3.05) is 39.3 Å². The molecule has 0 aliphatic carbocycles. The van der Waals surface area contributed by atoms with Gasteiger partial charge in [0.2, 0.25) is 10.0 Å². The molecule has 0 bridgehead atoms. The van der Waals surface area contributed by atoms with Crippen LogP contribution in [0.5, 0.6) is 5.75 Å². The Morgan fingerprint density at radius 3 is 2.33 bits per heavy atom. The van der Waals surface area contributed by atoms with Crippen molar-refractivity contribution in [1.29, 1.82) is 0 Å². The quantitative estimate of drug-likeness (QED) is 0.504. The number of amides is 1. The maximum Gasteiger partial charge on any atom is 0.253 e. The van der Waals surface area contributed by atoms with Gasteiger partial charge in [0.15, 0.2) is 0 Å². The lowest BCUT2D eigenvalue weighted by molar-refractivity contribution is 0.0620. The molecule has 2 heterocycles. The third-order valence-electron chi connectivity index (χ3n) is 5.51. The molecule has 2 aromatic carbocycles. The Kier molecular flexibility index (Phi) is 7.77. The van der Waals surface area contributed by atoms with Crippen molar-refractivity contribution in [1.82, 2.24) is 14.5 Å². The number of piperazine rings is 1. The van der Waals surface area contributed by atoms with Gasteiger partial charge in [-0.3, -0.25) is 9.69 Å². The number of hydrogen-bond donors (Lipinski definition) is 1. The number of sulfonamides is 1. The number of nitrogens with zero attached hydrogens (tertiary/aromatic N) is 2. The second kappa shape index (κ2) is 10.9. The molecule has 9 heteroatoms. The summed E-state index contributed by atoms with van der Waals surface area (Å²) in [7, 11) is -3.63. The van der Waals surface area contributed by atoms with Gasteiger partial charge in [-0.25, -0.2) is 13.1 Å². The van der Waals surface area contributed by atoms with Crippen LogP contribution < -0.4 is 9.46 Å². The number of hydrogen-bond acceptors (Lipinski definition) is 6. The first kappa shape index (κ1) is 23.4. The van der Waals surface area contributed by atoms with Crippen LogP contribution in [0.2, 0.25) is 0 Å². The summed E-state index contributed by atoms with van der Waals surface area (Å²) in [6.07, 6.45) is 0. The van der Waals surface area contributed by atoms with Gasteiger partial charge in [0.1, 0.15) is 12.4 Å². The van der Waals surface area contributed by atoms with Crippen molar-refractivity contribution in [3.8, 4) is 5.75 Å². The molecule has 174 valence electrons. The number of carbonyl (C=O) groups is 1. The molecule has 1 N–H and O–H groups in total. The zero-order chi connectivity index (χ0) is 23.1. The molecule has 7 nitrogen and oxygen atoms in total. The summed E-state index contributed by atoms with van der Waals surface area (Å²) < 4.78 is 33.4. The Balaban J connectivity index is 1.24. The number of carbonyl (C=O) groups excluding carboxylic acids is 1. The molecule has 0 radical (unpaired) electrons. The van der Waals surface area contributed by atoms with Gasteiger partial charge in [-0.2, -0.15) is 0 Å². The van der Waals surface area contributed by atoms with E-state index in [1.54, 1.807) is 12.1 Å². The van der Waals surface area contributed by atoms with E-state index in [2.05, 4.69) is 9.62 Å². The lowest BCUT2D eigenvalue weighted by Crippen LogP contribution is -2.49. The number of benzene rings is 2. The number of nitrogens with one attached hydrogen (secondary N) is 1. The molecule has 0 atom stereocenters. The SMILES string of the molecule is O=C(c1ccc(S(=O)(=O)NCc2cccs2)cc1)N1CCN(CCOc2ccccc2)CC1. The van der Waals surface area contributed by atoms with Crippen LogP contribution in [0.1, 0.15) is 15.2 Å². The lowest BCUT2D eigenvalue weighted by atomic mass is 10.2. The fraction of sp³-hybridized carbons (Fsp3) is 0.292. The average Bonchev–Trinajstić information content (AvgIpc) is 3.38. The Morgan fingerprint density at radius 1 is 0.939 bits per heavy atom. The number of para-hydroxylation sites is 1. The predicted molar refractivity (Wildman–Crippen MR) is 129 cm³/mol. The molecular formula is C24H27N3O4S2. The van der Waals surface area contributed by atoms with E-state index < -0.39 is 10.0 Å². The molecular weight excluding hydrogens is 458 g/mol. The Morgan fingerprint density at radius 2 is 1.67 bits per heavy atom. The topological polar surface area (TPSA) is 79.0 Å². The van der Waals surface area contributed by atoms with Gasteiger partial charge in [0.25, 0.3) is 5.91 Å². The first-order valence-corrected chi connectivity index (χ1v) is 13.2. The summed E-state index contributed by atoms with van der Waals surface area (Å²) in [5.74, 6) is 0.782. The Hall–Kier alpha value is -2.72. The van der Waals surface area contributed by atoms with E-state index in [9.17, 15) is 13.2 Å². The van der Waals surface area contributed by atoms with E-state index in [1.165, 1.54) is 23.5 Å². The average molecular weight is 486 g/mol.